The molecular formula is C10H17NO. The van der Waals surface area contributed by atoms with Gasteiger partial charge < -0.3 is 5.11 Å². The summed E-state index contributed by atoms with van der Waals surface area (Å²) in [6.45, 7) is 5.94. The lowest BCUT2D eigenvalue weighted by Crippen LogP contribution is -2.54. The Morgan fingerprint density at radius 1 is 1.67 bits per heavy atom. The minimum atomic E-state index is -0.712. The molecular weight excluding hydrogens is 150 g/mol. The summed E-state index contributed by atoms with van der Waals surface area (Å²) in [5.41, 5.74) is -1.25. The summed E-state index contributed by atoms with van der Waals surface area (Å²) in [6, 6.07) is 2.24. The number of aliphatic hydroxyl groups is 1. The molecule has 0 bridgehead atoms. The van der Waals surface area contributed by atoms with Crippen LogP contribution in [-0.4, -0.2) is 10.7 Å². The molecule has 0 radical (unpaired) electrons. The molecule has 1 saturated carbocycles. The molecule has 0 aromatic heterocycles. The number of nitrogens with zero attached hydrogens (tertiary/aromatic N) is 1. The third-order valence-corrected chi connectivity index (χ3v) is 3.35. The first-order valence-electron chi connectivity index (χ1n) is 4.61. The largest absolute Gasteiger partial charge is 0.388 e. The van der Waals surface area contributed by atoms with Crippen molar-refractivity contribution in [2.75, 3.05) is 0 Å². The Hall–Kier alpha value is -0.550. The van der Waals surface area contributed by atoms with E-state index in [2.05, 4.69) is 13.0 Å². The second kappa shape index (κ2) is 2.74. The first-order valence-corrected chi connectivity index (χ1v) is 4.61. The zero-order chi connectivity index (χ0) is 9.41. The topological polar surface area (TPSA) is 44.0 Å². The highest BCUT2D eigenvalue weighted by atomic mass is 16.3. The van der Waals surface area contributed by atoms with Crippen LogP contribution in [0.25, 0.3) is 0 Å². The summed E-state index contributed by atoms with van der Waals surface area (Å²) in [5.74, 6) is 0.578. The van der Waals surface area contributed by atoms with E-state index in [-0.39, 0.29) is 0 Å². The van der Waals surface area contributed by atoms with Gasteiger partial charge in [-0.05, 0) is 32.1 Å². The highest BCUT2D eigenvalue weighted by Crippen LogP contribution is 2.50. The van der Waals surface area contributed by atoms with Crippen molar-refractivity contribution in [1.29, 1.82) is 5.26 Å². The molecule has 1 fully saturated rings. The van der Waals surface area contributed by atoms with Crippen LogP contribution < -0.4 is 0 Å². The zero-order valence-electron chi connectivity index (χ0n) is 8.09. The van der Waals surface area contributed by atoms with E-state index in [1.165, 1.54) is 0 Å². The molecule has 1 atom stereocenters. The quantitative estimate of drug-likeness (QED) is 0.684. The SMILES string of the molecule is CCC(C)(C#N)C1(O)CC(C)C1. The van der Waals surface area contributed by atoms with Gasteiger partial charge in [-0.1, -0.05) is 13.8 Å². The molecule has 68 valence electrons. The molecule has 2 heteroatoms. The average Bonchev–Trinajstić information content (AvgIpc) is 2.00. The van der Waals surface area contributed by atoms with Crippen LogP contribution in [0.2, 0.25) is 0 Å². The maximum Gasteiger partial charge on any atom is 0.0835 e. The molecule has 0 aliphatic heterocycles. The minimum Gasteiger partial charge on any atom is -0.388 e. The molecule has 12 heavy (non-hydrogen) atoms. The van der Waals surface area contributed by atoms with Gasteiger partial charge in [-0.3, -0.25) is 0 Å². The standard InChI is InChI=1S/C10H17NO/c1-4-9(3,7-11)10(12)5-8(2)6-10/h8,12H,4-6H2,1-3H3. The summed E-state index contributed by atoms with van der Waals surface area (Å²) in [4.78, 5) is 0. The maximum absolute atomic E-state index is 10.1. The molecule has 0 heterocycles. The molecule has 1 unspecified atom stereocenters. The third kappa shape index (κ3) is 1.13. The number of hydrogen-bond acceptors (Lipinski definition) is 2. The van der Waals surface area contributed by atoms with Crippen molar-refractivity contribution in [2.24, 2.45) is 11.3 Å². The summed E-state index contributed by atoms with van der Waals surface area (Å²) < 4.78 is 0. The van der Waals surface area contributed by atoms with Gasteiger partial charge in [0.05, 0.1) is 17.1 Å². The molecule has 1 aliphatic carbocycles. The first-order chi connectivity index (χ1) is 5.47. The lowest BCUT2D eigenvalue weighted by molar-refractivity contribution is -0.136. The fourth-order valence-electron chi connectivity index (χ4n) is 2.06. The van der Waals surface area contributed by atoms with Crippen molar-refractivity contribution in [1.82, 2.24) is 0 Å². The van der Waals surface area contributed by atoms with Crippen LogP contribution in [0.15, 0.2) is 0 Å². The van der Waals surface area contributed by atoms with Crippen LogP contribution in [0.3, 0.4) is 0 Å². The van der Waals surface area contributed by atoms with Gasteiger partial charge in [0, 0.05) is 0 Å². The molecule has 1 N–H and O–H groups in total. The number of rotatable bonds is 2. The number of nitriles is 1. The molecule has 0 aromatic rings. The fraction of sp³-hybridized carbons (Fsp3) is 0.900. The maximum atomic E-state index is 10.1. The van der Waals surface area contributed by atoms with E-state index in [1.54, 1.807) is 0 Å². The van der Waals surface area contributed by atoms with Gasteiger partial charge in [-0.2, -0.15) is 5.26 Å². The summed E-state index contributed by atoms with van der Waals surface area (Å²) >= 11 is 0. The molecule has 0 amide bonds. The van der Waals surface area contributed by atoms with Crippen LogP contribution in [0.5, 0.6) is 0 Å². The second-order valence-electron chi connectivity index (χ2n) is 4.34. The van der Waals surface area contributed by atoms with E-state index >= 15 is 0 Å². The van der Waals surface area contributed by atoms with Crippen molar-refractivity contribution in [2.45, 2.75) is 45.6 Å². The van der Waals surface area contributed by atoms with Crippen LogP contribution in [0, 0.1) is 22.7 Å². The molecule has 2 nitrogen and oxygen atoms in total. The van der Waals surface area contributed by atoms with Crippen molar-refractivity contribution in [3.05, 3.63) is 0 Å². The summed E-state index contributed by atoms with van der Waals surface area (Å²) in [5, 5.41) is 19.0. The smallest absolute Gasteiger partial charge is 0.0835 e. The van der Waals surface area contributed by atoms with Gasteiger partial charge >= 0.3 is 0 Å². The van der Waals surface area contributed by atoms with Gasteiger partial charge in [0.15, 0.2) is 0 Å². The van der Waals surface area contributed by atoms with Gasteiger partial charge in [-0.25, -0.2) is 0 Å². The van der Waals surface area contributed by atoms with Crippen LogP contribution in [-0.2, 0) is 0 Å². The number of hydrogen-bond donors (Lipinski definition) is 1. The van der Waals surface area contributed by atoms with E-state index in [1.807, 2.05) is 13.8 Å². The Morgan fingerprint density at radius 2 is 2.17 bits per heavy atom. The Kier molecular flexibility index (Phi) is 2.18. The highest BCUT2D eigenvalue weighted by Gasteiger charge is 2.53. The van der Waals surface area contributed by atoms with E-state index in [0.29, 0.717) is 5.92 Å². The Morgan fingerprint density at radius 3 is 2.42 bits per heavy atom. The van der Waals surface area contributed by atoms with Gasteiger partial charge in [0.2, 0.25) is 0 Å². The van der Waals surface area contributed by atoms with E-state index in [9.17, 15) is 5.11 Å². The third-order valence-electron chi connectivity index (χ3n) is 3.35. The van der Waals surface area contributed by atoms with E-state index in [0.717, 1.165) is 19.3 Å². The summed E-state index contributed by atoms with van der Waals surface area (Å²) in [7, 11) is 0. The van der Waals surface area contributed by atoms with Crippen LogP contribution in [0.1, 0.15) is 40.0 Å². The highest BCUT2D eigenvalue weighted by molar-refractivity contribution is 5.13. The van der Waals surface area contributed by atoms with Crippen molar-refractivity contribution in [3.8, 4) is 6.07 Å². The van der Waals surface area contributed by atoms with Gasteiger partial charge in [0.25, 0.3) is 0 Å². The summed E-state index contributed by atoms with van der Waals surface area (Å²) in [6.07, 6.45) is 2.29. The lowest BCUT2D eigenvalue weighted by atomic mass is 9.58. The van der Waals surface area contributed by atoms with Crippen LogP contribution in [0.4, 0.5) is 0 Å². The van der Waals surface area contributed by atoms with Crippen molar-refractivity contribution in [3.63, 3.8) is 0 Å². The fourth-order valence-corrected chi connectivity index (χ4v) is 2.06. The first kappa shape index (κ1) is 9.54. The van der Waals surface area contributed by atoms with Crippen LogP contribution >= 0.6 is 0 Å². The normalized spacial score (nSPS) is 39.4. The van der Waals surface area contributed by atoms with Crippen molar-refractivity contribution >= 4 is 0 Å². The van der Waals surface area contributed by atoms with E-state index < -0.39 is 11.0 Å². The Bertz CT molecular complexity index is 212. The molecule has 1 rings (SSSR count). The second-order valence-corrected chi connectivity index (χ2v) is 4.34. The van der Waals surface area contributed by atoms with E-state index in [4.69, 9.17) is 5.26 Å². The van der Waals surface area contributed by atoms with Gasteiger partial charge in [-0.15, -0.1) is 0 Å². The molecule has 0 spiro atoms. The molecule has 1 aliphatic rings. The predicted octanol–water partition coefficient (Wildman–Crippen LogP) is 2.09. The molecule has 0 aromatic carbocycles. The minimum absolute atomic E-state index is 0.542. The van der Waals surface area contributed by atoms with Gasteiger partial charge in [0.1, 0.15) is 0 Å². The van der Waals surface area contributed by atoms with Crippen molar-refractivity contribution < 1.29 is 5.11 Å². The zero-order valence-corrected chi connectivity index (χ0v) is 8.09. The Balaban J connectivity index is 2.75. The monoisotopic (exact) mass is 167 g/mol. The predicted molar refractivity (Wildman–Crippen MR) is 47.4 cm³/mol. The molecule has 0 saturated heterocycles. The lowest BCUT2D eigenvalue weighted by Gasteiger charge is -2.50. The Labute approximate surface area is 74.2 Å². The average molecular weight is 167 g/mol.